The van der Waals surface area contributed by atoms with E-state index in [9.17, 15) is 9.59 Å². The molecule has 0 bridgehead atoms. The van der Waals surface area contributed by atoms with Crippen molar-refractivity contribution in [3.05, 3.63) is 11.8 Å². The largest absolute Gasteiger partial charge is 0.464 e. The van der Waals surface area contributed by atoms with Crippen molar-refractivity contribution in [3.8, 4) is 0 Å². The summed E-state index contributed by atoms with van der Waals surface area (Å²) in [6.07, 6.45) is 6.79. The quantitative estimate of drug-likeness (QED) is 0.638. The summed E-state index contributed by atoms with van der Waals surface area (Å²) in [5.41, 5.74) is -0.426. The molecule has 5 nitrogen and oxygen atoms in total. The highest BCUT2D eigenvalue weighted by Gasteiger charge is 2.21. The number of carbonyl (C=O) groups excluding carboxylic acids is 2. The predicted octanol–water partition coefficient (Wildman–Crippen LogP) is 3.15. The minimum atomic E-state index is -0.634. The van der Waals surface area contributed by atoms with Crippen LogP contribution < -0.4 is 5.32 Å². The summed E-state index contributed by atoms with van der Waals surface area (Å²) in [6, 6.07) is 0. The molecule has 0 spiro atoms. The molecule has 0 heterocycles. The van der Waals surface area contributed by atoms with Gasteiger partial charge in [0.15, 0.2) is 0 Å². The standard InChI is InChI=1S/C15H25NO4/c1-15(2,3)20-14(18)16-12(13(17)19-4)10-11-8-6-5-7-9-11/h10-11H,5-9H2,1-4H3,(H,16,18)/b12-10+. The van der Waals surface area contributed by atoms with Crippen LogP contribution in [0.5, 0.6) is 0 Å². The molecule has 1 saturated carbocycles. The van der Waals surface area contributed by atoms with Gasteiger partial charge in [-0.25, -0.2) is 9.59 Å². The molecule has 1 amide bonds. The van der Waals surface area contributed by atoms with Gasteiger partial charge in [0.05, 0.1) is 7.11 Å². The van der Waals surface area contributed by atoms with Crippen molar-refractivity contribution >= 4 is 12.1 Å². The number of carbonyl (C=O) groups is 2. The van der Waals surface area contributed by atoms with Gasteiger partial charge in [0.1, 0.15) is 11.3 Å². The van der Waals surface area contributed by atoms with Crippen molar-refractivity contribution < 1.29 is 19.1 Å². The van der Waals surface area contributed by atoms with Gasteiger partial charge in [-0.3, -0.25) is 5.32 Å². The van der Waals surface area contributed by atoms with Crippen molar-refractivity contribution in [3.63, 3.8) is 0 Å². The number of hydrogen-bond acceptors (Lipinski definition) is 4. The number of hydrogen-bond donors (Lipinski definition) is 1. The first kappa shape index (κ1) is 16.5. The Balaban J connectivity index is 2.71. The van der Waals surface area contributed by atoms with Crippen molar-refractivity contribution in [2.45, 2.75) is 58.5 Å². The molecule has 1 rings (SSSR count). The van der Waals surface area contributed by atoms with Crippen LogP contribution in [-0.2, 0) is 14.3 Å². The van der Waals surface area contributed by atoms with Crippen LogP contribution >= 0.6 is 0 Å². The summed E-state index contributed by atoms with van der Waals surface area (Å²) in [6.45, 7) is 5.32. The average molecular weight is 283 g/mol. The number of alkyl carbamates (subject to hydrolysis) is 1. The Kier molecular flexibility index (Phi) is 6.05. The third kappa shape index (κ3) is 6.08. The van der Waals surface area contributed by atoms with Crippen LogP contribution in [0.3, 0.4) is 0 Å². The lowest BCUT2D eigenvalue weighted by molar-refractivity contribution is -0.136. The van der Waals surface area contributed by atoms with Gasteiger partial charge in [-0.15, -0.1) is 0 Å². The van der Waals surface area contributed by atoms with Gasteiger partial charge < -0.3 is 9.47 Å². The van der Waals surface area contributed by atoms with Crippen LogP contribution in [0.4, 0.5) is 4.79 Å². The number of nitrogens with one attached hydrogen (secondary N) is 1. The molecule has 1 fully saturated rings. The monoisotopic (exact) mass is 283 g/mol. The van der Waals surface area contributed by atoms with Gasteiger partial charge in [-0.2, -0.15) is 0 Å². The third-order valence-corrected chi connectivity index (χ3v) is 3.09. The molecule has 0 aromatic carbocycles. The molecule has 0 saturated heterocycles. The zero-order valence-corrected chi connectivity index (χ0v) is 12.8. The van der Waals surface area contributed by atoms with E-state index in [2.05, 4.69) is 5.32 Å². The van der Waals surface area contributed by atoms with Crippen molar-refractivity contribution in [2.24, 2.45) is 5.92 Å². The van der Waals surface area contributed by atoms with E-state index in [1.54, 1.807) is 26.8 Å². The summed E-state index contributed by atoms with van der Waals surface area (Å²) in [7, 11) is 1.30. The highest BCUT2D eigenvalue weighted by atomic mass is 16.6. The minimum Gasteiger partial charge on any atom is -0.464 e. The minimum absolute atomic E-state index is 0.175. The molecule has 114 valence electrons. The maximum atomic E-state index is 11.7. The van der Waals surface area contributed by atoms with Gasteiger partial charge in [-0.1, -0.05) is 25.3 Å². The van der Waals surface area contributed by atoms with Crippen molar-refractivity contribution in [1.29, 1.82) is 0 Å². The fourth-order valence-electron chi connectivity index (χ4n) is 2.22. The van der Waals surface area contributed by atoms with E-state index in [1.807, 2.05) is 0 Å². The zero-order chi connectivity index (χ0) is 15.2. The Bertz CT molecular complexity index is 376. The van der Waals surface area contributed by atoms with Gasteiger partial charge in [0.2, 0.25) is 0 Å². The lowest BCUT2D eigenvalue weighted by Gasteiger charge is -2.22. The van der Waals surface area contributed by atoms with Gasteiger partial charge in [0, 0.05) is 0 Å². The molecule has 0 unspecified atom stereocenters. The third-order valence-electron chi connectivity index (χ3n) is 3.09. The van der Waals surface area contributed by atoms with Crippen molar-refractivity contribution in [1.82, 2.24) is 5.32 Å². The molecular formula is C15H25NO4. The Morgan fingerprint density at radius 1 is 1.15 bits per heavy atom. The van der Waals surface area contributed by atoms with Crippen LogP contribution in [0.1, 0.15) is 52.9 Å². The highest BCUT2D eigenvalue weighted by molar-refractivity contribution is 5.92. The van der Waals surface area contributed by atoms with Crippen LogP contribution in [0.25, 0.3) is 0 Å². The zero-order valence-electron chi connectivity index (χ0n) is 12.8. The summed E-state index contributed by atoms with van der Waals surface area (Å²) >= 11 is 0. The number of allylic oxidation sites excluding steroid dienone is 1. The van der Waals surface area contributed by atoms with Crippen molar-refractivity contribution in [2.75, 3.05) is 7.11 Å². The molecule has 1 N–H and O–H groups in total. The summed E-state index contributed by atoms with van der Waals surface area (Å²) in [5, 5.41) is 2.50. The molecule has 0 aromatic rings. The van der Waals surface area contributed by atoms with E-state index in [4.69, 9.17) is 9.47 Å². The van der Waals surface area contributed by atoms with Gasteiger partial charge in [-0.05, 0) is 39.5 Å². The molecule has 1 aliphatic rings. The first-order valence-electron chi connectivity index (χ1n) is 7.12. The second-order valence-corrected chi connectivity index (χ2v) is 6.10. The van der Waals surface area contributed by atoms with E-state index >= 15 is 0 Å². The average Bonchev–Trinajstić information content (AvgIpc) is 2.36. The SMILES string of the molecule is COC(=O)/C(=C\C1CCCCC1)NC(=O)OC(C)(C)C. The number of rotatable bonds is 3. The lowest BCUT2D eigenvalue weighted by atomic mass is 9.88. The van der Waals surface area contributed by atoms with Gasteiger partial charge in [0.25, 0.3) is 0 Å². The molecule has 5 heteroatoms. The van der Waals surface area contributed by atoms with Crippen LogP contribution in [0.15, 0.2) is 11.8 Å². The highest BCUT2D eigenvalue weighted by Crippen LogP contribution is 2.25. The fourth-order valence-corrected chi connectivity index (χ4v) is 2.22. The topological polar surface area (TPSA) is 64.6 Å². The summed E-state index contributed by atoms with van der Waals surface area (Å²) in [4.78, 5) is 23.5. The van der Waals surface area contributed by atoms with Crippen LogP contribution in [-0.4, -0.2) is 24.8 Å². The van der Waals surface area contributed by atoms with E-state index in [0.717, 1.165) is 25.7 Å². The summed E-state index contributed by atoms with van der Waals surface area (Å²) < 4.78 is 9.86. The molecule has 0 radical (unpaired) electrons. The molecule has 0 aliphatic heterocycles. The first-order chi connectivity index (χ1) is 9.31. The lowest BCUT2D eigenvalue weighted by Crippen LogP contribution is -2.34. The van der Waals surface area contributed by atoms with Crippen LogP contribution in [0.2, 0.25) is 0 Å². The molecule has 20 heavy (non-hydrogen) atoms. The second-order valence-electron chi connectivity index (χ2n) is 6.10. The Morgan fingerprint density at radius 3 is 2.25 bits per heavy atom. The maximum Gasteiger partial charge on any atom is 0.412 e. The first-order valence-corrected chi connectivity index (χ1v) is 7.12. The maximum absolute atomic E-state index is 11.7. The van der Waals surface area contributed by atoms with Crippen LogP contribution in [0, 0.1) is 5.92 Å². The number of esters is 1. The predicted molar refractivity (Wildman–Crippen MR) is 76.0 cm³/mol. The molecule has 0 atom stereocenters. The van der Waals surface area contributed by atoms with Gasteiger partial charge >= 0.3 is 12.1 Å². The Labute approximate surface area is 120 Å². The van der Waals surface area contributed by atoms with E-state index < -0.39 is 17.7 Å². The smallest absolute Gasteiger partial charge is 0.412 e. The summed E-state index contributed by atoms with van der Waals surface area (Å²) in [5.74, 6) is -0.228. The molecule has 1 aliphatic carbocycles. The Morgan fingerprint density at radius 2 is 1.75 bits per heavy atom. The fraction of sp³-hybridized carbons (Fsp3) is 0.733. The number of ether oxygens (including phenoxy) is 2. The van der Waals surface area contributed by atoms with E-state index in [-0.39, 0.29) is 5.70 Å². The van der Waals surface area contributed by atoms with E-state index in [1.165, 1.54) is 13.5 Å². The second kappa shape index (κ2) is 7.31. The molecular weight excluding hydrogens is 258 g/mol. The molecule has 0 aromatic heterocycles. The number of methoxy groups -OCH3 is 1. The Hall–Kier alpha value is -1.52. The normalized spacial score (nSPS) is 17.5. The number of amides is 1. The van der Waals surface area contributed by atoms with E-state index in [0.29, 0.717) is 5.92 Å².